The van der Waals surface area contributed by atoms with Crippen LogP contribution in [0.2, 0.25) is 0 Å². The molecule has 1 rings (SSSR count). The molecule has 80 valence electrons. The van der Waals surface area contributed by atoms with Crippen molar-refractivity contribution in [3.05, 3.63) is 18.0 Å². The molecule has 1 atom stereocenters. The van der Waals surface area contributed by atoms with Gasteiger partial charge >= 0.3 is 0 Å². The van der Waals surface area contributed by atoms with Crippen molar-refractivity contribution in [2.75, 3.05) is 13.6 Å². The highest BCUT2D eigenvalue weighted by Gasteiger charge is 2.04. The topological polar surface area (TPSA) is 21.1 Å². The standard InChI is InChI=1S/C10H18BrN3/c1-9(11)4-6-13(2)8-10-5-7-14(3)12-10/h5,7,9H,4,6,8H2,1-3H3. The monoisotopic (exact) mass is 259 g/mol. The summed E-state index contributed by atoms with van der Waals surface area (Å²) in [6.07, 6.45) is 3.15. The summed E-state index contributed by atoms with van der Waals surface area (Å²) in [5.41, 5.74) is 1.14. The van der Waals surface area contributed by atoms with E-state index < -0.39 is 0 Å². The van der Waals surface area contributed by atoms with Crippen molar-refractivity contribution in [2.45, 2.75) is 24.7 Å². The molecule has 1 heterocycles. The Morgan fingerprint density at radius 3 is 2.86 bits per heavy atom. The van der Waals surface area contributed by atoms with E-state index >= 15 is 0 Å². The lowest BCUT2D eigenvalue weighted by molar-refractivity contribution is 0.318. The molecular weight excluding hydrogens is 242 g/mol. The number of hydrogen-bond acceptors (Lipinski definition) is 2. The van der Waals surface area contributed by atoms with Gasteiger partial charge in [0, 0.05) is 24.6 Å². The van der Waals surface area contributed by atoms with Gasteiger partial charge in [0.15, 0.2) is 0 Å². The highest BCUT2D eigenvalue weighted by molar-refractivity contribution is 9.09. The second-order valence-electron chi connectivity index (χ2n) is 3.79. The zero-order valence-electron chi connectivity index (χ0n) is 9.07. The van der Waals surface area contributed by atoms with Crippen LogP contribution >= 0.6 is 15.9 Å². The van der Waals surface area contributed by atoms with Gasteiger partial charge in [-0.2, -0.15) is 5.10 Å². The van der Waals surface area contributed by atoms with E-state index in [1.807, 2.05) is 17.9 Å². The summed E-state index contributed by atoms with van der Waals surface area (Å²) in [6, 6.07) is 2.06. The highest BCUT2D eigenvalue weighted by Crippen LogP contribution is 2.06. The molecule has 0 saturated carbocycles. The first-order valence-corrected chi connectivity index (χ1v) is 5.80. The number of hydrogen-bond donors (Lipinski definition) is 0. The summed E-state index contributed by atoms with van der Waals surface area (Å²) in [5.74, 6) is 0. The minimum Gasteiger partial charge on any atom is -0.300 e. The molecule has 4 heteroatoms. The first kappa shape index (κ1) is 11.7. The summed E-state index contributed by atoms with van der Waals surface area (Å²) in [4.78, 5) is 2.88. The van der Waals surface area contributed by atoms with Crippen LogP contribution < -0.4 is 0 Å². The third-order valence-electron chi connectivity index (χ3n) is 2.11. The van der Waals surface area contributed by atoms with Crippen LogP contribution in [0.15, 0.2) is 12.3 Å². The van der Waals surface area contributed by atoms with E-state index in [-0.39, 0.29) is 0 Å². The molecule has 1 unspecified atom stereocenters. The van der Waals surface area contributed by atoms with Crippen LogP contribution in [0.4, 0.5) is 0 Å². The smallest absolute Gasteiger partial charge is 0.0764 e. The molecule has 0 aromatic carbocycles. The third-order valence-corrected chi connectivity index (χ3v) is 2.57. The quantitative estimate of drug-likeness (QED) is 0.755. The Balaban J connectivity index is 2.30. The maximum atomic E-state index is 4.34. The second-order valence-corrected chi connectivity index (χ2v) is 5.35. The van der Waals surface area contributed by atoms with Gasteiger partial charge in [-0.3, -0.25) is 4.68 Å². The highest BCUT2D eigenvalue weighted by atomic mass is 79.9. The number of halogens is 1. The molecule has 0 aliphatic heterocycles. The largest absolute Gasteiger partial charge is 0.300 e. The van der Waals surface area contributed by atoms with Crippen LogP contribution in [0.1, 0.15) is 19.0 Å². The predicted octanol–water partition coefficient (Wildman–Crippen LogP) is 2.03. The number of aryl methyl sites for hydroxylation is 1. The van der Waals surface area contributed by atoms with Crippen molar-refractivity contribution in [3.8, 4) is 0 Å². The minimum absolute atomic E-state index is 0.591. The van der Waals surface area contributed by atoms with Gasteiger partial charge in [-0.15, -0.1) is 0 Å². The number of alkyl halides is 1. The molecule has 0 amide bonds. The molecule has 0 saturated heterocycles. The average Bonchev–Trinajstić information content (AvgIpc) is 2.48. The number of nitrogens with zero attached hydrogens (tertiary/aromatic N) is 3. The molecule has 0 spiro atoms. The maximum absolute atomic E-state index is 4.34. The molecule has 0 aliphatic rings. The second kappa shape index (κ2) is 5.51. The van der Waals surface area contributed by atoms with E-state index in [9.17, 15) is 0 Å². The van der Waals surface area contributed by atoms with Crippen LogP contribution in [0, 0.1) is 0 Å². The maximum Gasteiger partial charge on any atom is 0.0764 e. The predicted molar refractivity (Wildman–Crippen MR) is 62.5 cm³/mol. The summed E-state index contributed by atoms with van der Waals surface area (Å²) in [6.45, 7) is 4.21. The van der Waals surface area contributed by atoms with Crippen molar-refractivity contribution in [3.63, 3.8) is 0 Å². The Kier molecular flexibility index (Phi) is 4.62. The molecule has 14 heavy (non-hydrogen) atoms. The van der Waals surface area contributed by atoms with Gasteiger partial charge in [0.05, 0.1) is 5.69 Å². The molecule has 1 aromatic rings. The SMILES string of the molecule is CC(Br)CCN(C)Cc1ccn(C)n1. The van der Waals surface area contributed by atoms with E-state index in [0.717, 1.165) is 18.8 Å². The fraction of sp³-hybridized carbons (Fsp3) is 0.700. The van der Waals surface area contributed by atoms with Crippen LogP contribution in [-0.4, -0.2) is 33.1 Å². The summed E-state index contributed by atoms with van der Waals surface area (Å²) >= 11 is 3.55. The first-order valence-electron chi connectivity index (χ1n) is 4.89. The van der Waals surface area contributed by atoms with Crippen molar-refractivity contribution in [2.24, 2.45) is 7.05 Å². The van der Waals surface area contributed by atoms with Gasteiger partial charge in [0.2, 0.25) is 0 Å². The molecule has 3 nitrogen and oxygen atoms in total. The Hall–Kier alpha value is -0.350. The van der Waals surface area contributed by atoms with E-state index in [2.05, 4.69) is 46.0 Å². The molecule has 0 N–H and O–H groups in total. The molecule has 0 aliphatic carbocycles. The van der Waals surface area contributed by atoms with Crippen LogP contribution in [-0.2, 0) is 13.6 Å². The van der Waals surface area contributed by atoms with Crippen molar-refractivity contribution in [1.29, 1.82) is 0 Å². The van der Waals surface area contributed by atoms with E-state index in [1.54, 1.807) is 0 Å². The van der Waals surface area contributed by atoms with Crippen molar-refractivity contribution >= 4 is 15.9 Å². The normalized spacial score (nSPS) is 13.5. The van der Waals surface area contributed by atoms with Gasteiger partial charge in [-0.25, -0.2) is 0 Å². The van der Waals surface area contributed by atoms with Gasteiger partial charge < -0.3 is 4.90 Å². The lowest BCUT2D eigenvalue weighted by Gasteiger charge is -2.15. The van der Waals surface area contributed by atoms with Gasteiger partial charge in [0.1, 0.15) is 0 Å². The van der Waals surface area contributed by atoms with E-state index in [1.165, 1.54) is 6.42 Å². The lowest BCUT2D eigenvalue weighted by atomic mass is 10.3. The Morgan fingerprint density at radius 2 is 2.36 bits per heavy atom. The van der Waals surface area contributed by atoms with Gasteiger partial charge in [0.25, 0.3) is 0 Å². The Labute approximate surface area is 94.2 Å². The molecule has 0 fully saturated rings. The third kappa shape index (κ3) is 4.24. The Morgan fingerprint density at radius 1 is 1.64 bits per heavy atom. The molecule has 1 aromatic heterocycles. The fourth-order valence-corrected chi connectivity index (χ4v) is 1.51. The summed E-state index contributed by atoms with van der Waals surface area (Å²) in [7, 11) is 4.08. The van der Waals surface area contributed by atoms with Gasteiger partial charge in [-0.05, 0) is 26.1 Å². The van der Waals surface area contributed by atoms with E-state index in [4.69, 9.17) is 0 Å². The Bertz CT molecular complexity index is 270. The zero-order valence-corrected chi connectivity index (χ0v) is 10.7. The van der Waals surface area contributed by atoms with Crippen molar-refractivity contribution in [1.82, 2.24) is 14.7 Å². The lowest BCUT2D eigenvalue weighted by Crippen LogP contribution is -2.21. The van der Waals surface area contributed by atoms with Crippen LogP contribution in [0.3, 0.4) is 0 Å². The molecular formula is C10H18BrN3. The summed E-state index contributed by atoms with van der Waals surface area (Å²) < 4.78 is 1.84. The van der Waals surface area contributed by atoms with E-state index in [0.29, 0.717) is 4.83 Å². The summed E-state index contributed by atoms with van der Waals surface area (Å²) in [5, 5.41) is 4.34. The molecule has 0 bridgehead atoms. The first-order chi connectivity index (χ1) is 6.58. The fourth-order valence-electron chi connectivity index (χ4n) is 1.30. The van der Waals surface area contributed by atoms with Gasteiger partial charge in [-0.1, -0.05) is 22.9 Å². The minimum atomic E-state index is 0.591. The number of rotatable bonds is 5. The van der Waals surface area contributed by atoms with Crippen LogP contribution in [0.25, 0.3) is 0 Å². The zero-order chi connectivity index (χ0) is 10.6. The van der Waals surface area contributed by atoms with Crippen molar-refractivity contribution < 1.29 is 0 Å². The molecule has 0 radical (unpaired) electrons. The number of aromatic nitrogens is 2. The average molecular weight is 260 g/mol. The van der Waals surface area contributed by atoms with Crippen LogP contribution in [0.5, 0.6) is 0 Å².